The normalized spacial score (nSPS) is 12.5. The number of carbonyl (C=O) groups excluding carboxylic acids is 3. The molecule has 0 spiro atoms. The Morgan fingerprint density at radius 3 is 1.54 bits per heavy atom. The quantitative estimate of drug-likeness (QED) is 0.0286. The van der Waals surface area contributed by atoms with E-state index in [0.29, 0.717) is 12.8 Å². The highest BCUT2D eigenvalue weighted by Gasteiger charge is 2.19. The molecule has 0 aliphatic rings. The van der Waals surface area contributed by atoms with Crippen molar-refractivity contribution in [1.29, 1.82) is 0 Å². The van der Waals surface area contributed by atoms with Gasteiger partial charge < -0.3 is 25.6 Å². The largest absolute Gasteiger partial charge is 0.480 e. The van der Waals surface area contributed by atoms with Gasteiger partial charge in [0, 0.05) is 12.8 Å². The van der Waals surface area contributed by atoms with Crippen LogP contribution in [0.4, 0.5) is 0 Å². The average Bonchev–Trinajstić information content (AvgIpc) is 3.10. The molecule has 9 heteroatoms. The number of ether oxygens (including phenoxy) is 1. The minimum Gasteiger partial charge on any atom is -0.480 e. The Kier molecular flexibility index (Phi) is 34.6. The highest BCUT2D eigenvalue weighted by Crippen LogP contribution is 2.17. The Hall–Kier alpha value is -2.42. The summed E-state index contributed by atoms with van der Waals surface area (Å²) in [4.78, 5) is 47.2. The maximum Gasteiger partial charge on any atom is 0.328 e. The fourth-order valence-corrected chi connectivity index (χ4v) is 6.06. The molecule has 0 aromatic heterocycles. The fraction of sp³-hybridized carbons (Fsp3) is 0.854. The highest BCUT2D eigenvalue weighted by atomic mass is 16.5. The number of carboxylic acid groups (broad SMARTS) is 1. The highest BCUT2D eigenvalue weighted by molar-refractivity contribution is 5.87. The zero-order valence-electron chi connectivity index (χ0n) is 32.2. The Balaban J connectivity index is 3.85. The third-order valence-electron chi connectivity index (χ3n) is 9.26. The van der Waals surface area contributed by atoms with Crippen LogP contribution in [0, 0.1) is 0 Å². The summed E-state index contributed by atoms with van der Waals surface area (Å²) < 4.78 is 5.86. The average molecular weight is 709 g/mol. The molecule has 9 nitrogen and oxygen atoms in total. The summed E-state index contributed by atoms with van der Waals surface area (Å²) >= 11 is 0. The molecule has 0 aromatic rings. The summed E-state index contributed by atoms with van der Waals surface area (Å²) in [7, 11) is 0. The number of amides is 2. The Bertz CT molecular complexity index is 864. The van der Waals surface area contributed by atoms with Crippen LogP contribution in [0.2, 0.25) is 0 Å². The molecule has 2 unspecified atom stereocenters. The van der Waals surface area contributed by atoms with E-state index in [1.165, 1.54) is 109 Å². The number of aliphatic hydroxyl groups excluding tert-OH is 1. The van der Waals surface area contributed by atoms with Gasteiger partial charge in [-0.3, -0.25) is 14.4 Å². The second-order valence-electron chi connectivity index (χ2n) is 14.1. The van der Waals surface area contributed by atoms with Gasteiger partial charge in [0.05, 0.1) is 13.2 Å². The summed E-state index contributed by atoms with van der Waals surface area (Å²) in [5.74, 6) is -2.39. The number of rotatable bonds is 37. The predicted molar refractivity (Wildman–Crippen MR) is 204 cm³/mol. The molecule has 0 heterocycles. The molecule has 0 saturated carbocycles. The number of esters is 1. The number of aliphatic hydroxyl groups is 1. The van der Waals surface area contributed by atoms with Gasteiger partial charge >= 0.3 is 11.9 Å². The van der Waals surface area contributed by atoms with Gasteiger partial charge in [-0.2, -0.15) is 0 Å². The van der Waals surface area contributed by atoms with Crippen LogP contribution in [0.15, 0.2) is 12.2 Å². The second-order valence-corrected chi connectivity index (χ2v) is 14.1. The van der Waals surface area contributed by atoms with Gasteiger partial charge in [-0.05, 0) is 64.2 Å². The maximum atomic E-state index is 12.6. The van der Waals surface area contributed by atoms with Crippen molar-refractivity contribution in [1.82, 2.24) is 10.6 Å². The van der Waals surface area contributed by atoms with Crippen LogP contribution >= 0.6 is 0 Å². The van der Waals surface area contributed by atoms with Gasteiger partial charge in [-0.15, -0.1) is 0 Å². The van der Waals surface area contributed by atoms with Crippen molar-refractivity contribution in [3.63, 3.8) is 0 Å². The SMILES string of the molecule is CCCCCCCCCC/C=C\CCCCCCCCCCCC(=O)OC(CCCCC)CCCCCC(=O)NCC(=O)NC(CO)C(=O)O. The number of carboxylic acids is 1. The molecule has 2 amide bonds. The molecule has 0 radical (unpaired) electrons. The van der Waals surface area contributed by atoms with Crippen molar-refractivity contribution in [3.05, 3.63) is 12.2 Å². The van der Waals surface area contributed by atoms with Crippen molar-refractivity contribution in [2.24, 2.45) is 0 Å². The zero-order chi connectivity index (χ0) is 36.9. The molecular formula is C41H76N2O7. The van der Waals surface area contributed by atoms with Crippen molar-refractivity contribution < 1.29 is 34.1 Å². The van der Waals surface area contributed by atoms with Crippen LogP contribution in [0.1, 0.15) is 200 Å². The lowest BCUT2D eigenvalue weighted by molar-refractivity contribution is -0.150. The Morgan fingerprint density at radius 1 is 0.580 bits per heavy atom. The molecule has 50 heavy (non-hydrogen) atoms. The topological polar surface area (TPSA) is 142 Å². The van der Waals surface area contributed by atoms with Crippen LogP contribution in [0.5, 0.6) is 0 Å². The first kappa shape index (κ1) is 47.6. The van der Waals surface area contributed by atoms with Crippen molar-refractivity contribution in [3.8, 4) is 0 Å². The number of carbonyl (C=O) groups is 4. The van der Waals surface area contributed by atoms with Gasteiger partial charge in [0.25, 0.3) is 0 Å². The fourth-order valence-electron chi connectivity index (χ4n) is 6.06. The predicted octanol–water partition coefficient (Wildman–Crippen LogP) is 9.49. The lowest BCUT2D eigenvalue weighted by Gasteiger charge is -2.18. The molecule has 0 fully saturated rings. The van der Waals surface area contributed by atoms with Crippen LogP contribution in [-0.4, -0.2) is 59.3 Å². The van der Waals surface area contributed by atoms with Crippen LogP contribution in [0.25, 0.3) is 0 Å². The maximum absolute atomic E-state index is 12.6. The summed E-state index contributed by atoms with van der Waals surface area (Å²) in [5, 5.41) is 22.5. The number of hydrogen-bond acceptors (Lipinski definition) is 6. The second kappa shape index (κ2) is 36.4. The molecule has 0 saturated heterocycles. The van der Waals surface area contributed by atoms with E-state index < -0.39 is 24.5 Å². The molecule has 0 rings (SSSR count). The molecule has 2 atom stereocenters. The molecule has 0 aromatic carbocycles. The van der Waals surface area contributed by atoms with Gasteiger partial charge in [0.15, 0.2) is 0 Å². The Labute approximate surface area is 305 Å². The minimum absolute atomic E-state index is 0.0781. The third-order valence-corrected chi connectivity index (χ3v) is 9.26. The molecule has 0 bridgehead atoms. The van der Waals surface area contributed by atoms with Crippen molar-refractivity contribution in [2.75, 3.05) is 13.2 Å². The van der Waals surface area contributed by atoms with E-state index >= 15 is 0 Å². The zero-order valence-corrected chi connectivity index (χ0v) is 32.2. The summed E-state index contributed by atoms with van der Waals surface area (Å²) in [5.41, 5.74) is 0. The van der Waals surface area contributed by atoms with Crippen molar-refractivity contribution >= 4 is 23.8 Å². The number of hydrogen-bond donors (Lipinski definition) is 4. The summed E-state index contributed by atoms with van der Waals surface area (Å²) in [6.45, 7) is 3.37. The number of aliphatic carboxylic acids is 1. The number of unbranched alkanes of at least 4 members (excludes halogenated alkanes) is 21. The van der Waals surface area contributed by atoms with E-state index in [-0.39, 0.29) is 30.9 Å². The number of nitrogens with one attached hydrogen (secondary N) is 2. The van der Waals surface area contributed by atoms with E-state index in [1.807, 2.05) is 0 Å². The van der Waals surface area contributed by atoms with Crippen LogP contribution < -0.4 is 10.6 Å². The smallest absolute Gasteiger partial charge is 0.328 e. The number of allylic oxidation sites excluding steroid dienone is 2. The molecular weight excluding hydrogens is 632 g/mol. The minimum atomic E-state index is -1.39. The lowest BCUT2D eigenvalue weighted by Crippen LogP contribution is -2.47. The summed E-state index contributed by atoms with van der Waals surface area (Å²) in [6, 6.07) is -1.39. The van der Waals surface area contributed by atoms with E-state index in [2.05, 4.69) is 36.6 Å². The first-order valence-corrected chi connectivity index (χ1v) is 20.6. The third kappa shape index (κ3) is 32.8. The van der Waals surface area contributed by atoms with Gasteiger partial charge in [0.1, 0.15) is 12.1 Å². The van der Waals surface area contributed by atoms with Gasteiger partial charge in [-0.1, -0.05) is 135 Å². The van der Waals surface area contributed by atoms with E-state index in [0.717, 1.165) is 57.8 Å². The molecule has 0 aliphatic carbocycles. The monoisotopic (exact) mass is 709 g/mol. The molecule has 0 aliphatic heterocycles. The van der Waals surface area contributed by atoms with Crippen molar-refractivity contribution in [2.45, 2.75) is 212 Å². The van der Waals surface area contributed by atoms with E-state index in [4.69, 9.17) is 14.9 Å². The Morgan fingerprint density at radius 2 is 1.02 bits per heavy atom. The van der Waals surface area contributed by atoms with Gasteiger partial charge in [-0.25, -0.2) is 4.79 Å². The lowest BCUT2D eigenvalue weighted by atomic mass is 10.0. The first-order chi connectivity index (χ1) is 24.3. The molecule has 292 valence electrons. The van der Waals surface area contributed by atoms with E-state index in [1.54, 1.807) is 0 Å². The molecule has 4 N–H and O–H groups in total. The summed E-state index contributed by atoms with van der Waals surface area (Å²) in [6.07, 6.45) is 37.2. The van der Waals surface area contributed by atoms with E-state index in [9.17, 15) is 19.2 Å². The van der Waals surface area contributed by atoms with Crippen LogP contribution in [0.3, 0.4) is 0 Å². The first-order valence-electron chi connectivity index (χ1n) is 20.6. The van der Waals surface area contributed by atoms with Gasteiger partial charge in [0.2, 0.25) is 11.8 Å². The van der Waals surface area contributed by atoms with Crippen LogP contribution in [-0.2, 0) is 23.9 Å². The standard InChI is InChI=1S/C41H76N2O7/c1-3-5-7-8-9-10-11-12-13-14-15-16-17-18-19-20-21-22-23-24-29-33-40(47)50-36(30-26-6-4-2)31-27-25-28-32-38(45)42-34-39(46)43-37(35-44)41(48)49/h14-15,36-37,44H,3-13,16-35H2,1-2H3,(H,42,45)(H,43,46)(H,48,49)/b15-14-.